The van der Waals surface area contributed by atoms with Crippen molar-refractivity contribution in [2.45, 2.75) is 0 Å². The van der Waals surface area contributed by atoms with Crippen molar-refractivity contribution in [2.24, 2.45) is 0 Å². The fourth-order valence-electron chi connectivity index (χ4n) is 1.71. The molecule has 1 N–H and O–H groups in total. The van der Waals surface area contributed by atoms with Crippen LogP contribution in [0.25, 0.3) is 15.9 Å². The average molecular weight is 298 g/mol. The van der Waals surface area contributed by atoms with Crippen molar-refractivity contribution < 1.29 is 4.39 Å². The number of aromatic nitrogens is 3. The number of nitrogens with one attached hydrogen (secondary N) is 1. The van der Waals surface area contributed by atoms with Crippen molar-refractivity contribution >= 4 is 33.2 Å². The Kier molecular flexibility index (Phi) is 2.72. The van der Waals surface area contributed by atoms with Gasteiger partial charge in [-0.15, -0.1) is 11.3 Å². The molecule has 2 heterocycles. The lowest BCUT2D eigenvalue weighted by Crippen LogP contribution is -2.35. The van der Waals surface area contributed by atoms with E-state index in [1.54, 1.807) is 17.6 Å². The van der Waals surface area contributed by atoms with E-state index in [-0.39, 0.29) is 5.69 Å². The van der Waals surface area contributed by atoms with Gasteiger partial charge >= 0.3 is 5.69 Å². The molecule has 0 aliphatic rings. The van der Waals surface area contributed by atoms with Gasteiger partial charge in [0.2, 0.25) is 5.82 Å². The van der Waals surface area contributed by atoms with Crippen molar-refractivity contribution in [1.29, 1.82) is 0 Å². The number of benzene rings is 1. The van der Waals surface area contributed by atoms with Gasteiger partial charge in [0.25, 0.3) is 5.56 Å². The van der Waals surface area contributed by atoms with Crippen LogP contribution in [0.5, 0.6) is 0 Å². The number of nitrogens with zero attached hydrogens (tertiary/aromatic N) is 2. The zero-order chi connectivity index (χ0) is 13.6. The van der Waals surface area contributed by atoms with E-state index in [0.717, 1.165) is 10.2 Å². The molecular formula is C11H5ClFN3O2S. The van der Waals surface area contributed by atoms with Crippen LogP contribution in [0.4, 0.5) is 4.39 Å². The summed E-state index contributed by atoms with van der Waals surface area (Å²) in [6.07, 6.45) is 0. The predicted molar refractivity (Wildman–Crippen MR) is 70.8 cm³/mol. The van der Waals surface area contributed by atoms with Gasteiger partial charge in [0.15, 0.2) is 5.15 Å². The third kappa shape index (κ3) is 1.87. The van der Waals surface area contributed by atoms with E-state index < -0.39 is 22.2 Å². The molecule has 0 aliphatic heterocycles. The molecule has 3 aromatic rings. The van der Waals surface area contributed by atoms with Crippen LogP contribution in [0.3, 0.4) is 0 Å². The van der Waals surface area contributed by atoms with Crippen molar-refractivity contribution in [2.75, 3.05) is 0 Å². The molecule has 5 nitrogen and oxygen atoms in total. The molecule has 0 radical (unpaired) electrons. The molecule has 0 aliphatic carbocycles. The van der Waals surface area contributed by atoms with Crippen LogP contribution < -0.4 is 11.2 Å². The Morgan fingerprint density at radius 3 is 2.95 bits per heavy atom. The second-order valence-electron chi connectivity index (χ2n) is 3.70. The van der Waals surface area contributed by atoms with E-state index in [4.69, 9.17) is 11.6 Å². The Morgan fingerprint density at radius 1 is 1.37 bits per heavy atom. The van der Waals surface area contributed by atoms with Crippen LogP contribution in [0.2, 0.25) is 5.15 Å². The summed E-state index contributed by atoms with van der Waals surface area (Å²) in [6.45, 7) is 0. The monoisotopic (exact) mass is 297 g/mol. The number of fused-ring (bicyclic) bond motifs is 1. The molecule has 96 valence electrons. The Labute approximate surface area is 113 Å². The van der Waals surface area contributed by atoms with E-state index in [0.29, 0.717) is 4.57 Å². The number of thiazole rings is 1. The smallest absolute Gasteiger partial charge is 0.295 e. The maximum absolute atomic E-state index is 13.5. The molecule has 0 amide bonds. The first-order valence-electron chi connectivity index (χ1n) is 5.12. The number of hydrogen-bond acceptors (Lipinski definition) is 4. The highest BCUT2D eigenvalue weighted by Gasteiger charge is 2.14. The quantitative estimate of drug-likeness (QED) is 0.698. The van der Waals surface area contributed by atoms with Crippen LogP contribution in [0.1, 0.15) is 0 Å². The number of aromatic amines is 1. The molecule has 0 bridgehead atoms. The van der Waals surface area contributed by atoms with E-state index in [1.165, 1.54) is 17.4 Å². The summed E-state index contributed by atoms with van der Waals surface area (Å²) in [6, 6.07) is 4.77. The molecule has 1 aromatic carbocycles. The van der Waals surface area contributed by atoms with Crippen molar-refractivity contribution in [1.82, 2.24) is 14.5 Å². The molecule has 0 atom stereocenters. The van der Waals surface area contributed by atoms with Crippen LogP contribution in [0, 0.1) is 5.82 Å². The summed E-state index contributed by atoms with van der Waals surface area (Å²) in [5.41, 5.74) is 0.772. The van der Waals surface area contributed by atoms with Gasteiger partial charge in [-0.3, -0.25) is 9.78 Å². The van der Waals surface area contributed by atoms with Crippen LogP contribution in [-0.2, 0) is 0 Å². The predicted octanol–water partition coefficient (Wildman–Crippen LogP) is 1.93. The zero-order valence-corrected chi connectivity index (χ0v) is 10.8. The molecular weight excluding hydrogens is 293 g/mol. The fourth-order valence-corrected chi connectivity index (χ4v) is 2.58. The first kappa shape index (κ1) is 12.1. The Hall–Kier alpha value is -1.99. The summed E-state index contributed by atoms with van der Waals surface area (Å²) in [5, 5.41) is -0.592. The minimum Gasteiger partial charge on any atom is -0.295 e. The Balaban J connectivity index is 2.35. The van der Waals surface area contributed by atoms with Crippen molar-refractivity contribution in [3.8, 4) is 5.69 Å². The number of rotatable bonds is 1. The highest BCUT2D eigenvalue weighted by Crippen LogP contribution is 2.20. The molecule has 8 heteroatoms. The van der Waals surface area contributed by atoms with Crippen LogP contribution in [-0.4, -0.2) is 14.5 Å². The topological polar surface area (TPSA) is 67.8 Å². The normalized spacial score (nSPS) is 11.1. The second kappa shape index (κ2) is 4.29. The SMILES string of the molecule is O=c1[nH]c(Cl)c(F)c(=O)n1-c1ccc2ncsc2c1. The van der Waals surface area contributed by atoms with E-state index in [2.05, 4.69) is 9.97 Å². The summed E-state index contributed by atoms with van der Waals surface area (Å²) < 4.78 is 15.0. The third-order valence-electron chi connectivity index (χ3n) is 2.58. The molecule has 0 saturated carbocycles. The number of halogens is 2. The molecule has 0 fully saturated rings. The minimum atomic E-state index is -1.19. The average Bonchev–Trinajstić information content (AvgIpc) is 2.83. The van der Waals surface area contributed by atoms with E-state index in [9.17, 15) is 14.0 Å². The van der Waals surface area contributed by atoms with Gasteiger partial charge in [0.1, 0.15) is 0 Å². The molecule has 19 heavy (non-hydrogen) atoms. The van der Waals surface area contributed by atoms with Crippen molar-refractivity contribution in [3.63, 3.8) is 0 Å². The molecule has 2 aromatic heterocycles. The lowest BCUT2D eigenvalue weighted by atomic mass is 10.3. The van der Waals surface area contributed by atoms with Gasteiger partial charge in [0, 0.05) is 0 Å². The van der Waals surface area contributed by atoms with Crippen molar-refractivity contribution in [3.05, 3.63) is 55.5 Å². The molecule has 0 saturated heterocycles. The van der Waals surface area contributed by atoms with Gasteiger partial charge in [-0.2, -0.15) is 4.39 Å². The lowest BCUT2D eigenvalue weighted by molar-refractivity contribution is 0.584. The number of hydrogen-bond donors (Lipinski definition) is 1. The third-order valence-corrected chi connectivity index (χ3v) is 3.63. The summed E-state index contributed by atoms with van der Waals surface area (Å²) >= 11 is 6.76. The first-order valence-corrected chi connectivity index (χ1v) is 6.37. The van der Waals surface area contributed by atoms with E-state index >= 15 is 0 Å². The summed E-state index contributed by atoms with van der Waals surface area (Å²) in [4.78, 5) is 29.6. The van der Waals surface area contributed by atoms with Crippen LogP contribution >= 0.6 is 22.9 Å². The van der Waals surface area contributed by atoms with E-state index in [1.807, 2.05) is 0 Å². The van der Waals surface area contributed by atoms with Gasteiger partial charge in [0.05, 0.1) is 21.4 Å². The second-order valence-corrected chi connectivity index (χ2v) is 4.97. The summed E-state index contributed by atoms with van der Waals surface area (Å²) in [7, 11) is 0. The highest BCUT2D eigenvalue weighted by molar-refractivity contribution is 7.16. The fraction of sp³-hybridized carbons (Fsp3) is 0. The Bertz CT molecular complexity index is 899. The van der Waals surface area contributed by atoms with Crippen LogP contribution in [0.15, 0.2) is 33.3 Å². The largest absolute Gasteiger partial charge is 0.334 e. The maximum atomic E-state index is 13.5. The minimum absolute atomic E-state index is 0.263. The van der Waals surface area contributed by atoms with Gasteiger partial charge in [-0.25, -0.2) is 14.3 Å². The number of H-pyrrole nitrogens is 1. The van der Waals surface area contributed by atoms with Gasteiger partial charge in [-0.1, -0.05) is 11.6 Å². The molecule has 0 unspecified atom stereocenters. The summed E-state index contributed by atoms with van der Waals surface area (Å²) in [5.74, 6) is -1.19. The zero-order valence-electron chi connectivity index (χ0n) is 9.18. The highest BCUT2D eigenvalue weighted by atomic mass is 35.5. The van der Waals surface area contributed by atoms with Gasteiger partial charge < -0.3 is 0 Å². The lowest BCUT2D eigenvalue weighted by Gasteiger charge is -2.05. The Morgan fingerprint density at radius 2 is 2.16 bits per heavy atom. The molecule has 3 rings (SSSR count). The van der Waals surface area contributed by atoms with Gasteiger partial charge in [-0.05, 0) is 18.2 Å². The molecule has 0 spiro atoms. The first-order chi connectivity index (χ1) is 9.08. The standard InChI is InChI=1S/C11H5ClFN3O2S/c12-9-8(13)10(17)16(11(18)15-9)5-1-2-6-7(3-5)19-4-14-6/h1-4H,(H,15,18). The maximum Gasteiger partial charge on any atom is 0.334 e.